The Morgan fingerprint density at radius 2 is 1.96 bits per heavy atom. The van der Waals surface area contributed by atoms with E-state index in [9.17, 15) is 18.0 Å². The topological polar surface area (TPSA) is 54.9 Å². The van der Waals surface area contributed by atoms with Crippen molar-refractivity contribution in [2.75, 3.05) is 11.1 Å². The van der Waals surface area contributed by atoms with Crippen LogP contribution < -0.4 is 5.32 Å². The fourth-order valence-corrected chi connectivity index (χ4v) is 3.89. The molecule has 1 aromatic carbocycles. The second-order valence-electron chi connectivity index (χ2n) is 5.36. The molecule has 0 saturated heterocycles. The number of nitrogens with zero attached hydrogens (tertiary/aromatic N) is 2. The number of carbonyl (C=O) groups excluding carboxylic acids is 1. The molecule has 0 radical (unpaired) electrons. The second-order valence-corrected chi connectivity index (χ2v) is 8.09. The minimum absolute atomic E-state index is 0.143. The van der Waals surface area contributed by atoms with Gasteiger partial charge < -0.3 is 5.32 Å². The highest BCUT2D eigenvalue weighted by atomic mass is 35.5. The molecule has 2 aromatic heterocycles. The van der Waals surface area contributed by atoms with Gasteiger partial charge in [-0.2, -0.15) is 13.2 Å². The van der Waals surface area contributed by atoms with Crippen LogP contribution in [-0.2, 0) is 11.0 Å². The van der Waals surface area contributed by atoms with Crippen molar-refractivity contribution in [1.29, 1.82) is 0 Å². The first-order valence-corrected chi connectivity index (χ1v) is 10.2. The van der Waals surface area contributed by atoms with Crippen molar-refractivity contribution >= 4 is 57.9 Å². The van der Waals surface area contributed by atoms with Gasteiger partial charge in [0.1, 0.15) is 5.69 Å². The normalized spacial score (nSPS) is 11.5. The molecule has 28 heavy (non-hydrogen) atoms. The zero-order valence-electron chi connectivity index (χ0n) is 13.8. The lowest BCUT2D eigenvalue weighted by Crippen LogP contribution is -2.15. The van der Waals surface area contributed by atoms with Crippen LogP contribution in [0.1, 0.15) is 5.69 Å². The molecule has 1 amide bonds. The van der Waals surface area contributed by atoms with Crippen molar-refractivity contribution in [3.63, 3.8) is 0 Å². The maximum Gasteiger partial charge on any atom is 0.433 e. The molecule has 1 N–H and O–H groups in total. The Bertz CT molecular complexity index is 998. The molecule has 0 saturated carbocycles. The van der Waals surface area contributed by atoms with E-state index in [-0.39, 0.29) is 21.6 Å². The SMILES string of the molecule is O=C(CSc1nc(-c2cccs2)cc(C(F)(F)F)n1)Nc1ccc(Cl)cc1Cl. The van der Waals surface area contributed by atoms with Crippen molar-refractivity contribution in [3.05, 3.63) is 57.5 Å². The van der Waals surface area contributed by atoms with Gasteiger partial charge in [-0.15, -0.1) is 11.3 Å². The predicted molar refractivity (Wildman–Crippen MR) is 106 cm³/mol. The van der Waals surface area contributed by atoms with E-state index < -0.39 is 17.8 Å². The lowest BCUT2D eigenvalue weighted by molar-refractivity contribution is -0.141. The number of benzene rings is 1. The minimum atomic E-state index is -4.62. The highest BCUT2D eigenvalue weighted by Gasteiger charge is 2.34. The van der Waals surface area contributed by atoms with Gasteiger partial charge in [0.15, 0.2) is 5.16 Å². The van der Waals surface area contributed by atoms with Crippen molar-refractivity contribution in [2.45, 2.75) is 11.3 Å². The van der Waals surface area contributed by atoms with E-state index in [2.05, 4.69) is 15.3 Å². The third-order valence-electron chi connectivity index (χ3n) is 3.31. The molecule has 0 bridgehead atoms. The van der Waals surface area contributed by atoms with E-state index in [1.54, 1.807) is 23.6 Å². The molecule has 146 valence electrons. The van der Waals surface area contributed by atoms with Crippen molar-refractivity contribution in [3.8, 4) is 10.6 Å². The third kappa shape index (κ3) is 5.38. The van der Waals surface area contributed by atoms with Crippen molar-refractivity contribution < 1.29 is 18.0 Å². The number of alkyl halides is 3. The summed E-state index contributed by atoms with van der Waals surface area (Å²) in [6.45, 7) is 0. The number of halogens is 5. The van der Waals surface area contributed by atoms with E-state index >= 15 is 0 Å². The average Bonchev–Trinajstić information content (AvgIpc) is 3.16. The van der Waals surface area contributed by atoms with Gasteiger partial charge in [0.25, 0.3) is 0 Å². The number of carbonyl (C=O) groups is 1. The quantitative estimate of drug-likeness (QED) is 0.358. The van der Waals surface area contributed by atoms with Crippen LogP contribution in [0.5, 0.6) is 0 Å². The maximum atomic E-state index is 13.2. The number of rotatable bonds is 5. The van der Waals surface area contributed by atoms with Crippen molar-refractivity contribution in [2.24, 2.45) is 0 Å². The van der Waals surface area contributed by atoms with E-state index in [1.807, 2.05) is 0 Å². The smallest absolute Gasteiger partial charge is 0.324 e. The first-order valence-electron chi connectivity index (χ1n) is 7.60. The van der Waals surface area contributed by atoms with Gasteiger partial charge >= 0.3 is 6.18 Å². The Hall–Kier alpha value is -1.81. The standard InChI is InChI=1S/C17H10Cl2F3N3OS2/c18-9-3-4-11(10(19)6-9)23-15(26)8-28-16-24-12(13-2-1-5-27-13)7-14(25-16)17(20,21)22/h1-7H,8H2,(H,23,26). The highest BCUT2D eigenvalue weighted by molar-refractivity contribution is 7.99. The molecule has 11 heteroatoms. The summed E-state index contributed by atoms with van der Waals surface area (Å²) in [5.74, 6) is -0.655. The molecule has 4 nitrogen and oxygen atoms in total. The van der Waals surface area contributed by atoms with Gasteiger partial charge in [-0.3, -0.25) is 4.79 Å². The molecule has 0 aliphatic rings. The number of anilines is 1. The summed E-state index contributed by atoms with van der Waals surface area (Å²) >= 11 is 13.8. The lowest BCUT2D eigenvalue weighted by atomic mass is 10.3. The number of aromatic nitrogens is 2. The van der Waals surface area contributed by atoms with E-state index in [4.69, 9.17) is 23.2 Å². The fraction of sp³-hybridized carbons (Fsp3) is 0.118. The van der Waals surface area contributed by atoms with Gasteiger partial charge in [0.2, 0.25) is 5.91 Å². The first-order chi connectivity index (χ1) is 13.2. The summed E-state index contributed by atoms with van der Waals surface area (Å²) < 4.78 is 39.5. The molecule has 3 rings (SSSR count). The van der Waals surface area contributed by atoms with Crippen LogP contribution in [0.3, 0.4) is 0 Å². The number of thioether (sulfide) groups is 1. The van der Waals surface area contributed by atoms with Crippen LogP contribution in [0, 0.1) is 0 Å². The summed E-state index contributed by atoms with van der Waals surface area (Å²) in [7, 11) is 0. The molecule has 0 spiro atoms. The number of thiophene rings is 1. The van der Waals surface area contributed by atoms with Crippen LogP contribution in [0.25, 0.3) is 10.6 Å². The molecule has 3 aromatic rings. The molecular formula is C17H10Cl2F3N3OS2. The average molecular weight is 464 g/mol. The van der Waals surface area contributed by atoms with Crippen LogP contribution in [0.15, 0.2) is 46.9 Å². The number of hydrogen-bond donors (Lipinski definition) is 1. The van der Waals surface area contributed by atoms with Crippen LogP contribution in [-0.4, -0.2) is 21.6 Å². The number of hydrogen-bond acceptors (Lipinski definition) is 5. The molecular weight excluding hydrogens is 454 g/mol. The van der Waals surface area contributed by atoms with E-state index in [1.165, 1.54) is 23.5 Å². The Balaban J connectivity index is 1.76. The van der Waals surface area contributed by atoms with Crippen molar-refractivity contribution in [1.82, 2.24) is 9.97 Å². The fourth-order valence-electron chi connectivity index (χ4n) is 2.09. The monoisotopic (exact) mass is 463 g/mol. The highest BCUT2D eigenvalue weighted by Crippen LogP contribution is 2.33. The first kappa shape index (κ1) is 20.9. The Morgan fingerprint density at radius 3 is 2.61 bits per heavy atom. The molecule has 0 aliphatic heterocycles. The largest absolute Gasteiger partial charge is 0.433 e. The summed E-state index contributed by atoms with van der Waals surface area (Å²) in [5, 5.41) is 4.83. The zero-order valence-corrected chi connectivity index (χ0v) is 16.9. The molecule has 0 fully saturated rings. The molecule has 0 atom stereocenters. The van der Waals surface area contributed by atoms with Gasteiger partial charge in [0.05, 0.1) is 27.0 Å². The Labute approximate surface area is 176 Å². The number of nitrogens with one attached hydrogen (secondary N) is 1. The number of amides is 1. The summed E-state index contributed by atoms with van der Waals surface area (Å²) in [6, 6.07) is 8.82. The Kier molecular flexibility index (Phi) is 6.49. The van der Waals surface area contributed by atoms with Gasteiger partial charge in [-0.1, -0.05) is 41.0 Å². The lowest BCUT2D eigenvalue weighted by Gasteiger charge is -2.10. The van der Waals surface area contributed by atoms with Crippen LogP contribution >= 0.6 is 46.3 Å². The second kappa shape index (κ2) is 8.69. The van der Waals surface area contributed by atoms with E-state index in [0.717, 1.165) is 17.8 Å². The van der Waals surface area contributed by atoms with Crippen LogP contribution in [0.4, 0.5) is 18.9 Å². The zero-order chi connectivity index (χ0) is 20.3. The minimum Gasteiger partial charge on any atom is -0.324 e. The van der Waals surface area contributed by atoms with Gasteiger partial charge in [0, 0.05) is 5.02 Å². The van der Waals surface area contributed by atoms with E-state index in [0.29, 0.717) is 15.6 Å². The third-order valence-corrected chi connectivity index (χ3v) is 5.59. The predicted octanol–water partition coefficient (Wildman–Crippen LogP) is 6.26. The summed E-state index contributed by atoms with van der Waals surface area (Å²) in [4.78, 5) is 20.4. The molecule has 0 aliphatic carbocycles. The van der Waals surface area contributed by atoms with Gasteiger partial charge in [-0.25, -0.2) is 9.97 Å². The van der Waals surface area contributed by atoms with Gasteiger partial charge in [-0.05, 0) is 35.7 Å². The summed E-state index contributed by atoms with van der Waals surface area (Å²) in [5.41, 5.74) is -0.559. The maximum absolute atomic E-state index is 13.2. The van der Waals surface area contributed by atoms with Crippen LogP contribution in [0.2, 0.25) is 10.0 Å². The molecule has 2 heterocycles. The summed E-state index contributed by atoms with van der Waals surface area (Å²) in [6.07, 6.45) is -4.62. The Morgan fingerprint density at radius 1 is 1.18 bits per heavy atom. The molecule has 0 unspecified atom stereocenters.